The van der Waals surface area contributed by atoms with Crippen LogP contribution in [0.15, 0.2) is 30.3 Å². The van der Waals surface area contributed by atoms with Crippen LogP contribution < -0.4 is 4.72 Å². The lowest BCUT2D eigenvalue weighted by Crippen LogP contribution is -2.53. The minimum Gasteiger partial charge on any atom is -0.368 e. The molecule has 3 aliphatic rings. The molecule has 1 amide bonds. The van der Waals surface area contributed by atoms with E-state index in [1.54, 1.807) is 0 Å². The fourth-order valence-corrected chi connectivity index (χ4v) is 6.06. The minimum absolute atomic E-state index is 0.151. The third-order valence-corrected chi connectivity index (χ3v) is 8.19. The first-order valence-electron chi connectivity index (χ1n) is 11.4. The van der Waals surface area contributed by atoms with Gasteiger partial charge in [0.15, 0.2) is 0 Å². The number of halogens is 5. The predicted molar refractivity (Wildman–Crippen MR) is 119 cm³/mol. The maximum absolute atomic E-state index is 15.6. The Bertz CT molecular complexity index is 1310. The molecule has 2 aliphatic heterocycles. The second-order valence-corrected chi connectivity index (χ2v) is 11.3. The molecule has 5 rings (SSSR count). The zero-order valence-electron chi connectivity index (χ0n) is 18.9. The maximum Gasteiger partial charge on any atom is 0.252 e. The Balaban J connectivity index is 1.55. The van der Waals surface area contributed by atoms with E-state index >= 15 is 4.39 Å². The highest BCUT2D eigenvalue weighted by Crippen LogP contribution is 2.56. The topological polar surface area (TPSA) is 75.7 Å². The van der Waals surface area contributed by atoms with E-state index in [1.807, 2.05) is 0 Å². The zero-order chi connectivity index (χ0) is 25.8. The van der Waals surface area contributed by atoms with Crippen LogP contribution in [-0.2, 0) is 26.0 Å². The Morgan fingerprint density at radius 3 is 2.39 bits per heavy atom. The van der Waals surface area contributed by atoms with E-state index in [4.69, 9.17) is 4.74 Å². The quantitative estimate of drug-likeness (QED) is 0.557. The van der Waals surface area contributed by atoms with E-state index in [0.29, 0.717) is 25.9 Å². The fraction of sp³-hybridized carbons (Fsp3) is 0.458. The molecule has 194 valence electrons. The Morgan fingerprint density at radius 2 is 1.78 bits per heavy atom. The number of nitrogens with zero attached hydrogens (tertiary/aromatic N) is 1. The summed E-state index contributed by atoms with van der Waals surface area (Å²) in [7, 11) is -4.34. The van der Waals surface area contributed by atoms with Gasteiger partial charge in [-0.05, 0) is 55.2 Å². The molecule has 1 spiro atoms. The smallest absolute Gasteiger partial charge is 0.252 e. The number of alkyl halides is 1. The van der Waals surface area contributed by atoms with Crippen LogP contribution in [0.5, 0.6) is 0 Å². The van der Waals surface area contributed by atoms with Crippen LogP contribution in [0.25, 0.3) is 11.1 Å². The molecule has 0 aromatic heterocycles. The van der Waals surface area contributed by atoms with Crippen molar-refractivity contribution in [1.29, 1.82) is 0 Å². The normalized spacial score (nSPS) is 24.7. The number of rotatable bonds is 7. The molecule has 12 heteroatoms. The van der Waals surface area contributed by atoms with Crippen LogP contribution in [0.2, 0.25) is 0 Å². The molecule has 36 heavy (non-hydrogen) atoms. The standard InChI is InChI=1S/C24H23F5N2O4S/c25-12-36(33,34)30-22-19(31(11-24(22)4-5-24)23(32)20-3-6-35-20)8-13-7-15(27)10-17(21(13)29)16-9-14(26)1-2-18(16)28/h1-2,7,9-10,19-20,22,30H,3-6,8,11-12H2/t19-,20?,22+/m0/s1. The number of carbonyl (C=O) groups is 1. The van der Waals surface area contributed by atoms with Gasteiger partial charge < -0.3 is 9.64 Å². The molecular weight excluding hydrogens is 507 g/mol. The highest BCUT2D eigenvalue weighted by atomic mass is 32.2. The van der Waals surface area contributed by atoms with Gasteiger partial charge in [0, 0.05) is 35.5 Å². The first-order chi connectivity index (χ1) is 17.0. The Morgan fingerprint density at radius 1 is 1.08 bits per heavy atom. The Kier molecular flexibility index (Phi) is 6.32. The molecule has 0 radical (unpaired) electrons. The van der Waals surface area contributed by atoms with Crippen molar-refractivity contribution in [3.05, 3.63) is 59.2 Å². The Hall–Kier alpha value is -2.57. The summed E-state index contributed by atoms with van der Waals surface area (Å²) in [5.74, 6) is -4.17. The fourth-order valence-electron chi connectivity index (χ4n) is 5.21. The second-order valence-electron chi connectivity index (χ2n) is 9.62. The lowest BCUT2D eigenvalue weighted by atomic mass is 9.91. The van der Waals surface area contributed by atoms with Crippen molar-refractivity contribution in [2.24, 2.45) is 5.41 Å². The van der Waals surface area contributed by atoms with Gasteiger partial charge in [-0.1, -0.05) is 0 Å². The summed E-state index contributed by atoms with van der Waals surface area (Å²) in [5.41, 5.74) is -1.91. The molecule has 2 saturated heterocycles. The van der Waals surface area contributed by atoms with Crippen LogP contribution in [0.4, 0.5) is 22.0 Å². The summed E-state index contributed by atoms with van der Waals surface area (Å²) >= 11 is 0. The number of carbonyl (C=O) groups excluding carboxylic acids is 1. The third-order valence-electron chi connectivity index (χ3n) is 7.29. The largest absolute Gasteiger partial charge is 0.368 e. The molecule has 2 heterocycles. The molecular formula is C24H23F5N2O4S. The van der Waals surface area contributed by atoms with Crippen molar-refractivity contribution in [2.75, 3.05) is 19.2 Å². The average Bonchev–Trinajstić information content (AvgIpc) is 3.51. The molecule has 1 saturated carbocycles. The number of amides is 1. The number of hydrogen-bond acceptors (Lipinski definition) is 4. The molecule has 6 nitrogen and oxygen atoms in total. The molecule has 3 atom stereocenters. The SMILES string of the molecule is O=C(C1CCO1)N1CC2(CC2)[C@H](NS(=O)(=O)CF)[C@@H]1Cc1cc(F)cc(-c2cc(F)ccc2F)c1F. The van der Waals surface area contributed by atoms with Gasteiger partial charge in [-0.3, -0.25) is 4.79 Å². The summed E-state index contributed by atoms with van der Waals surface area (Å²) in [6, 6.07) is 0.392. The maximum atomic E-state index is 15.6. The van der Waals surface area contributed by atoms with Gasteiger partial charge in [0.25, 0.3) is 5.91 Å². The lowest BCUT2D eigenvalue weighted by Gasteiger charge is -2.34. The van der Waals surface area contributed by atoms with E-state index in [9.17, 15) is 30.8 Å². The molecule has 1 unspecified atom stereocenters. The average molecular weight is 531 g/mol. The first-order valence-corrected chi connectivity index (χ1v) is 13.1. The van der Waals surface area contributed by atoms with Gasteiger partial charge in [-0.15, -0.1) is 0 Å². The summed E-state index contributed by atoms with van der Waals surface area (Å²) in [6.07, 6.45) is 0.516. The molecule has 2 aromatic rings. The Labute approximate surface area is 204 Å². The summed E-state index contributed by atoms with van der Waals surface area (Å²) in [6.45, 7) is 0.539. The highest BCUT2D eigenvalue weighted by Gasteiger charge is 2.62. The predicted octanol–water partition coefficient (Wildman–Crippen LogP) is 3.45. The number of nitrogens with one attached hydrogen (secondary N) is 1. The van der Waals surface area contributed by atoms with E-state index in [1.165, 1.54) is 4.90 Å². The van der Waals surface area contributed by atoms with Crippen LogP contribution in [-0.4, -0.2) is 56.6 Å². The molecule has 1 N–H and O–H groups in total. The van der Waals surface area contributed by atoms with Gasteiger partial charge >= 0.3 is 0 Å². The van der Waals surface area contributed by atoms with Crippen molar-refractivity contribution in [3.63, 3.8) is 0 Å². The van der Waals surface area contributed by atoms with Gasteiger partial charge in [0.1, 0.15) is 29.4 Å². The minimum atomic E-state index is -4.34. The van der Waals surface area contributed by atoms with E-state index in [0.717, 1.165) is 30.3 Å². The zero-order valence-corrected chi connectivity index (χ0v) is 19.8. The molecule has 1 aliphatic carbocycles. The molecule has 0 bridgehead atoms. The van der Waals surface area contributed by atoms with E-state index < -0.39 is 79.9 Å². The van der Waals surface area contributed by atoms with Gasteiger partial charge in [-0.25, -0.2) is 35.1 Å². The molecule has 2 aromatic carbocycles. The van der Waals surface area contributed by atoms with Gasteiger partial charge in [0.05, 0.1) is 12.6 Å². The van der Waals surface area contributed by atoms with Crippen LogP contribution in [0.3, 0.4) is 0 Å². The van der Waals surface area contributed by atoms with Crippen molar-refractivity contribution in [2.45, 2.75) is 43.9 Å². The summed E-state index contributed by atoms with van der Waals surface area (Å²) in [5, 5.41) is 0. The number of benzene rings is 2. The number of sulfonamides is 1. The van der Waals surface area contributed by atoms with E-state index in [2.05, 4.69) is 4.72 Å². The first kappa shape index (κ1) is 25.1. The number of hydrogen-bond donors (Lipinski definition) is 1. The highest BCUT2D eigenvalue weighted by molar-refractivity contribution is 7.89. The van der Waals surface area contributed by atoms with Gasteiger partial charge in [-0.2, -0.15) is 0 Å². The van der Waals surface area contributed by atoms with Crippen LogP contribution >= 0.6 is 0 Å². The molecule has 3 fully saturated rings. The van der Waals surface area contributed by atoms with Crippen molar-refractivity contribution < 1.29 is 39.9 Å². The number of ether oxygens (including phenoxy) is 1. The lowest BCUT2D eigenvalue weighted by molar-refractivity contribution is -0.157. The van der Waals surface area contributed by atoms with Gasteiger partial charge in [0.2, 0.25) is 16.0 Å². The third kappa shape index (κ3) is 4.50. The van der Waals surface area contributed by atoms with Crippen LogP contribution in [0.1, 0.15) is 24.8 Å². The summed E-state index contributed by atoms with van der Waals surface area (Å²) < 4.78 is 103. The van der Waals surface area contributed by atoms with E-state index in [-0.39, 0.29) is 18.5 Å². The monoisotopic (exact) mass is 530 g/mol. The number of likely N-dealkylation sites (tertiary alicyclic amines) is 1. The van der Waals surface area contributed by atoms with Crippen molar-refractivity contribution >= 4 is 15.9 Å². The van der Waals surface area contributed by atoms with Crippen molar-refractivity contribution in [1.82, 2.24) is 9.62 Å². The van der Waals surface area contributed by atoms with Crippen molar-refractivity contribution in [3.8, 4) is 11.1 Å². The summed E-state index contributed by atoms with van der Waals surface area (Å²) in [4.78, 5) is 14.5. The van der Waals surface area contributed by atoms with Crippen LogP contribution in [0, 0.1) is 28.7 Å². The second kappa shape index (κ2) is 9.07.